The Morgan fingerprint density at radius 2 is 2.25 bits per heavy atom. The molecule has 20 heavy (non-hydrogen) atoms. The third-order valence-electron chi connectivity index (χ3n) is 3.67. The van der Waals surface area contributed by atoms with E-state index in [0.29, 0.717) is 11.7 Å². The normalized spacial score (nSPS) is 16.1. The van der Waals surface area contributed by atoms with Crippen molar-refractivity contribution in [3.8, 4) is 11.4 Å². The van der Waals surface area contributed by atoms with Crippen molar-refractivity contribution in [3.05, 3.63) is 30.0 Å². The van der Waals surface area contributed by atoms with E-state index in [2.05, 4.69) is 24.2 Å². The summed E-state index contributed by atoms with van der Waals surface area (Å²) in [6.07, 6.45) is 3.52. The van der Waals surface area contributed by atoms with Crippen molar-refractivity contribution in [1.82, 2.24) is 15.0 Å². The van der Waals surface area contributed by atoms with E-state index in [-0.39, 0.29) is 6.10 Å². The molecule has 0 aliphatic heterocycles. The van der Waals surface area contributed by atoms with Crippen LogP contribution in [0.2, 0.25) is 0 Å². The van der Waals surface area contributed by atoms with Gasteiger partial charge < -0.3 is 10.5 Å². The van der Waals surface area contributed by atoms with Gasteiger partial charge in [-0.2, -0.15) is 0 Å². The lowest BCUT2D eigenvalue weighted by Crippen LogP contribution is -2.10. The monoisotopic (exact) mass is 272 g/mol. The third kappa shape index (κ3) is 2.48. The molecule has 1 aliphatic carbocycles. The lowest BCUT2D eigenvalue weighted by Gasteiger charge is -2.13. The highest BCUT2D eigenvalue weighted by Crippen LogP contribution is 2.42. The molecule has 0 amide bonds. The summed E-state index contributed by atoms with van der Waals surface area (Å²) in [5.41, 5.74) is 7.92. The fraction of sp³-hybridized carbons (Fsp3) is 0.467. The molecule has 1 saturated carbocycles. The molecule has 5 heteroatoms. The van der Waals surface area contributed by atoms with Gasteiger partial charge in [-0.25, -0.2) is 4.68 Å². The van der Waals surface area contributed by atoms with E-state index in [1.165, 1.54) is 12.8 Å². The van der Waals surface area contributed by atoms with Crippen LogP contribution in [0.3, 0.4) is 0 Å². The SMILES string of the molecule is CCC(C)Oc1cccc(-n2nnc(N)c2C2CC2)c1. The Balaban J connectivity index is 1.92. The Labute approximate surface area is 118 Å². The zero-order valence-electron chi connectivity index (χ0n) is 11.9. The predicted molar refractivity (Wildman–Crippen MR) is 78.1 cm³/mol. The second-order valence-corrected chi connectivity index (χ2v) is 5.38. The molecule has 0 radical (unpaired) electrons. The highest BCUT2D eigenvalue weighted by atomic mass is 16.5. The van der Waals surface area contributed by atoms with Gasteiger partial charge in [0.25, 0.3) is 0 Å². The number of hydrogen-bond acceptors (Lipinski definition) is 4. The standard InChI is InChI=1S/C15H20N4O/c1-3-10(2)20-13-6-4-5-12(9-13)19-14(11-7-8-11)15(16)17-18-19/h4-6,9-11H,3,7-8,16H2,1-2H3. The van der Waals surface area contributed by atoms with Gasteiger partial charge in [-0.3, -0.25) is 0 Å². The summed E-state index contributed by atoms with van der Waals surface area (Å²) in [6, 6.07) is 7.93. The van der Waals surface area contributed by atoms with Crippen molar-refractivity contribution in [2.45, 2.75) is 45.1 Å². The summed E-state index contributed by atoms with van der Waals surface area (Å²) in [5.74, 6) is 1.90. The van der Waals surface area contributed by atoms with Crippen LogP contribution in [0, 0.1) is 0 Å². The average Bonchev–Trinajstić information content (AvgIpc) is 3.21. The molecule has 1 heterocycles. The second kappa shape index (κ2) is 5.15. The van der Waals surface area contributed by atoms with Crippen LogP contribution in [0.15, 0.2) is 24.3 Å². The highest BCUT2D eigenvalue weighted by molar-refractivity contribution is 5.46. The molecule has 2 N–H and O–H groups in total. The number of nitrogens with zero attached hydrogens (tertiary/aromatic N) is 3. The van der Waals surface area contributed by atoms with Crippen LogP contribution < -0.4 is 10.5 Å². The minimum absolute atomic E-state index is 0.203. The smallest absolute Gasteiger partial charge is 0.169 e. The van der Waals surface area contributed by atoms with Crippen molar-refractivity contribution in [2.24, 2.45) is 0 Å². The molecule has 0 spiro atoms. The molecular weight excluding hydrogens is 252 g/mol. The van der Waals surface area contributed by atoms with Crippen LogP contribution in [0.25, 0.3) is 5.69 Å². The van der Waals surface area contributed by atoms with Gasteiger partial charge in [0.1, 0.15) is 5.75 Å². The van der Waals surface area contributed by atoms with E-state index in [4.69, 9.17) is 10.5 Å². The summed E-state index contributed by atoms with van der Waals surface area (Å²) in [5, 5.41) is 8.18. The van der Waals surface area contributed by atoms with Crippen LogP contribution >= 0.6 is 0 Å². The number of rotatable bonds is 5. The molecule has 0 bridgehead atoms. The lowest BCUT2D eigenvalue weighted by molar-refractivity contribution is 0.217. The van der Waals surface area contributed by atoms with E-state index in [0.717, 1.165) is 23.6 Å². The molecule has 0 saturated heterocycles. The highest BCUT2D eigenvalue weighted by Gasteiger charge is 2.31. The first-order valence-electron chi connectivity index (χ1n) is 7.17. The average molecular weight is 272 g/mol. The Morgan fingerprint density at radius 3 is 2.95 bits per heavy atom. The molecular formula is C15H20N4O. The first-order valence-corrected chi connectivity index (χ1v) is 7.17. The van der Waals surface area contributed by atoms with Crippen LogP contribution in [0.5, 0.6) is 5.75 Å². The molecule has 1 aromatic carbocycles. The summed E-state index contributed by atoms with van der Waals surface area (Å²) < 4.78 is 7.70. The molecule has 5 nitrogen and oxygen atoms in total. The Hall–Kier alpha value is -2.04. The molecule has 3 rings (SSSR count). The van der Waals surface area contributed by atoms with E-state index in [1.807, 2.05) is 28.9 Å². The Bertz CT molecular complexity index is 604. The van der Waals surface area contributed by atoms with Crippen LogP contribution in [-0.2, 0) is 0 Å². The van der Waals surface area contributed by atoms with Gasteiger partial charge in [-0.15, -0.1) is 5.10 Å². The van der Waals surface area contributed by atoms with Crippen molar-refractivity contribution in [2.75, 3.05) is 5.73 Å². The number of anilines is 1. The summed E-state index contributed by atoms with van der Waals surface area (Å²) in [7, 11) is 0. The number of nitrogen functional groups attached to an aromatic ring is 1. The number of benzene rings is 1. The van der Waals surface area contributed by atoms with Crippen molar-refractivity contribution >= 4 is 5.82 Å². The maximum absolute atomic E-state index is 5.93. The Kier molecular flexibility index (Phi) is 3.34. The molecule has 1 aromatic heterocycles. The molecule has 106 valence electrons. The van der Waals surface area contributed by atoms with Gasteiger partial charge in [-0.05, 0) is 38.3 Å². The minimum Gasteiger partial charge on any atom is -0.491 e. The van der Waals surface area contributed by atoms with E-state index in [1.54, 1.807) is 0 Å². The first kappa shape index (κ1) is 13.0. The van der Waals surface area contributed by atoms with E-state index < -0.39 is 0 Å². The minimum atomic E-state index is 0.203. The fourth-order valence-electron chi connectivity index (χ4n) is 2.23. The zero-order chi connectivity index (χ0) is 14.1. The molecule has 2 aromatic rings. The maximum atomic E-state index is 5.93. The van der Waals surface area contributed by atoms with Gasteiger partial charge in [-0.1, -0.05) is 18.2 Å². The van der Waals surface area contributed by atoms with Crippen molar-refractivity contribution in [1.29, 1.82) is 0 Å². The molecule has 1 fully saturated rings. The number of ether oxygens (including phenoxy) is 1. The predicted octanol–water partition coefficient (Wildman–Crippen LogP) is 2.90. The second-order valence-electron chi connectivity index (χ2n) is 5.38. The summed E-state index contributed by atoms with van der Waals surface area (Å²) in [4.78, 5) is 0. The summed E-state index contributed by atoms with van der Waals surface area (Å²) in [6.45, 7) is 4.17. The lowest BCUT2D eigenvalue weighted by atomic mass is 10.2. The molecule has 1 unspecified atom stereocenters. The molecule has 1 atom stereocenters. The van der Waals surface area contributed by atoms with Crippen LogP contribution in [0.1, 0.15) is 44.7 Å². The van der Waals surface area contributed by atoms with E-state index >= 15 is 0 Å². The van der Waals surface area contributed by atoms with Crippen LogP contribution in [-0.4, -0.2) is 21.1 Å². The van der Waals surface area contributed by atoms with Crippen molar-refractivity contribution in [3.63, 3.8) is 0 Å². The number of hydrogen-bond donors (Lipinski definition) is 1. The Morgan fingerprint density at radius 1 is 1.45 bits per heavy atom. The van der Waals surface area contributed by atoms with Gasteiger partial charge in [0.15, 0.2) is 5.82 Å². The van der Waals surface area contributed by atoms with Crippen molar-refractivity contribution < 1.29 is 4.74 Å². The quantitative estimate of drug-likeness (QED) is 0.908. The van der Waals surface area contributed by atoms with E-state index in [9.17, 15) is 0 Å². The zero-order valence-corrected chi connectivity index (χ0v) is 11.9. The van der Waals surface area contributed by atoms with Crippen LogP contribution in [0.4, 0.5) is 5.82 Å². The van der Waals surface area contributed by atoms with Gasteiger partial charge in [0, 0.05) is 12.0 Å². The van der Waals surface area contributed by atoms with Gasteiger partial charge in [0.05, 0.1) is 17.5 Å². The summed E-state index contributed by atoms with van der Waals surface area (Å²) >= 11 is 0. The first-order chi connectivity index (χ1) is 9.69. The number of nitrogens with two attached hydrogens (primary N) is 1. The number of aromatic nitrogens is 3. The largest absolute Gasteiger partial charge is 0.491 e. The molecule has 1 aliphatic rings. The maximum Gasteiger partial charge on any atom is 0.169 e. The van der Waals surface area contributed by atoms with Gasteiger partial charge in [0.2, 0.25) is 0 Å². The third-order valence-corrected chi connectivity index (χ3v) is 3.67. The fourth-order valence-corrected chi connectivity index (χ4v) is 2.23. The topological polar surface area (TPSA) is 66.0 Å². The van der Waals surface area contributed by atoms with Gasteiger partial charge >= 0.3 is 0 Å².